The second kappa shape index (κ2) is 8.97. The predicted molar refractivity (Wildman–Crippen MR) is 117 cm³/mol. The van der Waals surface area contributed by atoms with E-state index < -0.39 is 28.0 Å². The molecule has 2 aromatic carbocycles. The molecule has 0 aromatic heterocycles. The minimum absolute atomic E-state index is 0.223. The Morgan fingerprint density at radius 2 is 1.87 bits per heavy atom. The lowest BCUT2D eigenvalue weighted by Crippen LogP contribution is -2.35. The number of hydrogen-bond acceptors (Lipinski definition) is 6. The monoisotopic (exact) mass is 446 g/mol. The lowest BCUT2D eigenvalue weighted by molar-refractivity contribution is -0.129. The van der Waals surface area contributed by atoms with E-state index in [0.717, 1.165) is 23.1 Å². The molecule has 0 aliphatic carbocycles. The van der Waals surface area contributed by atoms with E-state index in [1.54, 1.807) is 31.4 Å². The first-order valence-corrected chi connectivity index (χ1v) is 11.7. The smallest absolute Gasteiger partial charge is 0.338 e. The van der Waals surface area contributed by atoms with Crippen molar-refractivity contribution in [1.82, 2.24) is 5.32 Å². The third-order valence-electron chi connectivity index (χ3n) is 5.10. The van der Waals surface area contributed by atoms with E-state index in [-0.39, 0.29) is 11.6 Å². The second-order valence-electron chi connectivity index (χ2n) is 7.57. The van der Waals surface area contributed by atoms with Gasteiger partial charge < -0.3 is 14.8 Å². The number of fused-ring (bicyclic) bond motifs is 1. The number of nitrogens with zero attached hydrogens (tertiary/aromatic N) is 1. The van der Waals surface area contributed by atoms with Gasteiger partial charge in [-0.25, -0.2) is 13.2 Å². The molecular weight excluding hydrogens is 420 g/mol. The van der Waals surface area contributed by atoms with E-state index in [2.05, 4.69) is 5.32 Å². The molecule has 2 atom stereocenters. The van der Waals surface area contributed by atoms with E-state index in [1.165, 1.54) is 17.3 Å². The largest absolute Gasteiger partial charge is 0.497 e. The number of sulfonamides is 1. The van der Waals surface area contributed by atoms with E-state index in [0.29, 0.717) is 18.7 Å². The topological polar surface area (TPSA) is 102 Å². The quantitative estimate of drug-likeness (QED) is 0.655. The van der Waals surface area contributed by atoms with Gasteiger partial charge in [-0.1, -0.05) is 12.1 Å². The standard InChI is InChI=1S/C22H26N2O6S/c1-14-11-18-12-17(7-10-20(18)24(14)31(4,27)28)22(26)30-15(2)21(25)23-13-16-5-8-19(29-3)9-6-16/h5-10,12,14-15H,11,13H2,1-4H3,(H,23,25). The van der Waals surface area contributed by atoms with Gasteiger partial charge in [0.1, 0.15) is 5.75 Å². The molecule has 0 saturated carbocycles. The normalized spacial score (nSPS) is 16.4. The first-order valence-electron chi connectivity index (χ1n) is 9.84. The highest BCUT2D eigenvalue weighted by atomic mass is 32.2. The molecule has 166 valence electrons. The highest BCUT2D eigenvalue weighted by Gasteiger charge is 2.33. The first kappa shape index (κ1) is 22.6. The van der Waals surface area contributed by atoms with Crippen molar-refractivity contribution in [3.63, 3.8) is 0 Å². The van der Waals surface area contributed by atoms with Crippen LogP contribution >= 0.6 is 0 Å². The van der Waals surface area contributed by atoms with Crippen molar-refractivity contribution in [2.75, 3.05) is 17.7 Å². The van der Waals surface area contributed by atoms with Crippen molar-refractivity contribution in [2.45, 2.75) is 39.0 Å². The van der Waals surface area contributed by atoms with Crippen LogP contribution in [-0.4, -0.2) is 45.8 Å². The summed E-state index contributed by atoms with van der Waals surface area (Å²) in [5.41, 5.74) is 2.48. The molecule has 9 heteroatoms. The summed E-state index contributed by atoms with van der Waals surface area (Å²) in [6, 6.07) is 11.8. The summed E-state index contributed by atoms with van der Waals surface area (Å²) >= 11 is 0. The molecule has 1 aliphatic heterocycles. The van der Waals surface area contributed by atoms with Crippen LogP contribution in [0.15, 0.2) is 42.5 Å². The molecule has 0 spiro atoms. The van der Waals surface area contributed by atoms with E-state index in [1.807, 2.05) is 19.1 Å². The third kappa shape index (κ3) is 5.16. The summed E-state index contributed by atoms with van der Waals surface area (Å²) in [6.07, 6.45) is 0.680. The lowest BCUT2D eigenvalue weighted by Gasteiger charge is -2.22. The predicted octanol–water partition coefficient (Wildman–Crippen LogP) is 2.27. The van der Waals surface area contributed by atoms with Gasteiger partial charge in [-0.2, -0.15) is 0 Å². The number of amides is 1. The average Bonchev–Trinajstić information content (AvgIpc) is 3.07. The molecule has 1 aliphatic rings. The Kier molecular flexibility index (Phi) is 6.54. The Bertz CT molecular complexity index is 1080. The van der Waals surface area contributed by atoms with Crippen molar-refractivity contribution in [3.8, 4) is 5.75 Å². The van der Waals surface area contributed by atoms with Gasteiger partial charge in [0.05, 0.1) is 24.6 Å². The molecule has 8 nitrogen and oxygen atoms in total. The zero-order valence-corrected chi connectivity index (χ0v) is 18.7. The molecule has 1 heterocycles. The van der Waals surface area contributed by atoms with Crippen LogP contribution < -0.4 is 14.4 Å². The number of benzene rings is 2. The summed E-state index contributed by atoms with van der Waals surface area (Å²) < 4.78 is 35.8. The van der Waals surface area contributed by atoms with Crippen molar-refractivity contribution < 1.29 is 27.5 Å². The number of methoxy groups -OCH3 is 1. The number of carbonyl (C=O) groups is 2. The third-order valence-corrected chi connectivity index (χ3v) is 6.38. The minimum Gasteiger partial charge on any atom is -0.497 e. The highest BCUT2D eigenvalue weighted by molar-refractivity contribution is 7.92. The number of anilines is 1. The molecule has 31 heavy (non-hydrogen) atoms. The van der Waals surface area contributed by atoms with Gasteiger partial charge >= 0.3 is 5.97 Å². The second-order valence-corrected chi connectivity index (χ2v) is 9.43. The van der Waals surface area contributed by atoms with Gasteiger partial charge in [0.25, 0.3) is 5.91 Å². The zero-order valence-electron chi connectivity index (χ0n) is 17.9. The number of ether oxygens (including phenoxy) is 2. The molecular formula is C22H26N2O6S. The molecule has 2 unspecified atom stereocenters. The number of carbonyl (C=O) groups excluding carboxylic acids is 2. The maximum atomic E-state index is 12.5. The summed E-state index contributed by atoms with van der Waals surface area (Å²) in [5.74, 6) is -0.330. The number of nitrogens with one attached hydrogen (secondary N) is 1. The minimum atomic E-state index is -3.40. The van der Waals surface area contributed by atoms with Gasteiger partial charge in [0, 0.05) is 12.6 Å². The highest BCUT2D eigenvalue weighted by Crippen LogP contribution is 2.34. The van der Waals surface area contributed by atoms with Crippen LogP contribution in [0, 0.1) is 0 Å². The van der Waals surface area contributed by atoms with Crippen molar-refractivity contribution in [2.24, 2.45) is 0 Å². The van der Waals surface area contributed by atoms with E-state index in [4.69, 9.17) is 9.47 Å². The fourth-order valence-electron chi connectivity index (χ4n) is 3.59. The number of rotatable bonds is 7. The summed E-state index contributed by atoms with van der Waals surface area (Å²) in [7, 11) is -1.83. The first-order chi connectivity index (χ1) is 14.6. The molecule has 0 saturated heterocycles. The van der Waals surface area contributed by atoms with Crippen LogP contribution in [0.2, 0.25) is 0 Å². The van der Waals surface area contributed by atoms with Gasteiger partial charge in [0.15, 0.2) is 6.10 Å². The van der Waals surface area contributed by atoms with Crippen LogP contribution in [0.3, 0.4) is 0 Å². The number of hydrogen-bond donors (Lipinski definition) is 1. The summed E-state index contributed by atoms with van der Waals surface area (Å²) in [5, 5.41) is 2.73. The molecule has 0 bridgehead atoms. The van der Waals surface area contributed by atoms with E-state index in [9.17, 15) is 18.0 Å². The average molecular weight is 447 g/mol. The fraction of sp³-hybridized carbons (Fsp3) is 0.364. The summed E-state index contributed by atoms with van der Waals surface area (Å²) in [6.45, 7) is 3.61. The molecule has 3 rings (SSSR count). The Morgan fingerprint density at radius 3 is 2.48 bits per heavy atom. The Morgan fingerprint density at radius 1 is 1.19 bits per heavy atom. The van der Waals surface area contributed by atoms with Gasteiger partial charge in [-0.3, -0.25) is 9.10 Å². The SMILES string of the molecule is COc1ccc(CNC(=O)C(C)OC(=O)c2ccc3c(c2)CC(C)N3S(C)(=O)=O)cc1. The Labute approximate surface area is 182 Å². The van der Waals surface area contributed by atoms with Crippen LogP contribution in [-0.2, 0) is 32.5 Å². The molecule has 2 aromatic rings. The van der Waals surface area contributed by atoms with Crippen molar-refractivity contribution >= 4 is 27.6 Å². The fourth-order valence-corrected chi connectivity index (χ4v) is 4.86. The van der Waals surface area contributed by atoms with Crippen LogP contribution in [0.5, 0.6) is 5.75 Å². The molecule has 0 fully saturated rings. The zero-order chi connectivity index (χ0) is 22.8. The summed E-state index contributed by atoms with van der Waals surface area (Å²) in [4.78, 5) is 24.8. The van der Waals surface area contributed by atoms with Crippen LogP contribution in [0.4, 0.5) is 5.69 Å². The number of esters is 1. The van der Waals surface area contributed by atoms with Gasteiger partial charge in [-0.05, 0) is 61.7 Å². The van der Waals surface area contributed by atoms with Gasteiger partial charge in [-0.15, -0.1) is 0 Å². The van der Waals surface area contributed by atoms with Crippen molar-refractivity contribution in [3.05, 3.63) is 59.2 Å². The van der Waals surface area contributed by atoms with Gasteiger partial charge in [0.2, 0.25) is 10.0 Å². The lowest BCUT2D eigenvalue weighted by atomic mass is 10.1. The Hall–Kier alpha value is -3.07. The maximum absolute atomic E-state index is 12.5. The maximum Gasteiger partial charge on any atom is 0.338 e. The Balaban J connectivity index is 1.60. The molecule has 1 N–H and O–H groups in total. The molecule has 1 amide bonds. The molecule has 0 radical (unpaired) electrons. The van der Waals surface area contributed by atoms with Crippen LogP contribution in [0.25, 0.3) is 0 Å². The van der Waals surface area contributed by atoms with E-state index >= 15 is 0 Å². The van der Waals surface area contributed by atoms with Crippen molar-refractivity contribution in [1.29, 1.82) is 0 Å². The van der Waals surface area contributed by atoms with Crippen LogP contribution in [0.1, 0.15) is 35.3 Å².